The highest BCUT2D eigenvalue weighted by atomic mass is 15.0. The Hall–Kier alpha value is -6.45. The van der Waals surface area contributed by atoms with Crippen LogP contribution in [0.15, 0.2) is 164 Å². The lowest BCUT2D eigenvalue weighted by molar-refractivity contribution is 0.660. The standard InChI is InChI=1S/C48H33N3/c1-48(2)43-23-8-7-19-37(43)42-29-34(26-27-44(42)48)33-25-24-32-16-11-22-40(41(32)28-33)47-50-45(38-20-9-14-30-12-3-5-17-35(30)38)49-46(51-47)39-21-10-15-31-13-4-6-18-36(31)39/h3-29H,1-2H3. The first-order chi connectivity index (χ1) is 25.0. The largest absolute Gasteiger partial charge is 0.208 e. The quantitative estimate of drug-likeness (QED) is 0.190. The highest BCUT2D eigenvalue weighted by Crippen LogP contribution is 2.49. The Morgan fingerprint density at radius 3 is 1.39 bits per heavy atom. The van der Waals surface area contributed by atoms with Gasteiger partial charge in [0.05, 0.1) is 0 Å². The number of fused-ring (bicyclic) bond motifs is 6. The molecule has 0 spiro atoms. The third-order valence-electron chi connectivity index (χ3n) is 10.7. The fraction of sp³-hybridized carbons (Fsp3) is 0.0625. The van der Waals surface area contributed by atoms with E-state index >= 15 is 0 Å². The van der Waals surface area contributed by atoms with E-state index in [9.17, 15) is 0 Å². The zero-order valence-corrected chi connectivity index (χ0v) is 28.4. The summed E-state index contributed by atoms with van der Waals surface area (Å²) < 4.78 is 0. The lowest BCUT2D eigenvalue weighted by atomic mass is 9.82. The van der Waals surface area contributed by atoms with Crippen molar-refractivity contribution in [2.75, 3.05) is 0 Å². The van der Waals surface area contributed by atoms with Gasteiger partial charge < -0.3 is 0 Å². The summed E-state index contributed by atoms with van der Waals surface area (Å²) in [6.45, 7) is 4.65. The molecule has 8 aromatic carbocycles. The van der Waals surface area contributed by atoms with Crippen LogP contribution in [-0.4, -0.2) is 15.0 Å². The highest BCUT2D eigenvalue weighted by molar-refractivity contribution is 6.01. The molecule has 1 aliphatic carbocycles. The molecule has 0 N–H and O–H groups in total. The molecule has 0 unspecified atom stereocenters. The molecule has 1 aliphatic rings. The minimum atomic E-state index is -0.0245. The summed E-state index contributed by atoms with van der Waals surface area (Å²) in [5, 5.41) is 6.78. The van der Waals surface area contributed by atoms with E-state index in [2.05, 4.69) is 178 Å². The second kappa shape index (κ2) is 11.3. The maximum Gasteiger partial charge on any atom is 0.164 e. The molecule has 0 bridgehead atoms. The average molecular weight is 652 g/mol. The van der Waals surface area contributed by atoms with Crippen molar-refractivity contribution in [1.29, 1.82) is 0 Å². The molecule has 240 valence electrons. The molecule has 0 aliphatic heterocycles. The lowest BCUT2D eigenvalue weighted by Gasteiger charge is -2.21. The van der Waals surface area contributed by atoms with Gasteiger partial charge in [-0.3, -0.25) is 0 Å². The lowest BCUT2D eigenvalue weighted by Crippen LogP contribution is -2.14. The molecule has 0 saturated carbocycles. The summed E-state index contributed by atoms with van der Waals surface area (Å²) >= 11 is 0. The minimum Gasteiger partial charge on any atom is -0.208 e. The van der Waals surface area contributed by atoms with Gasteiger partial charge in [0.1, 0.15) is 0 Å². The zero-order valence-electron chi connectivity index (χ0n) is 28.4. The third kappa shape index (κ3) is 4.69. The summed E-state index contributed by atoms with van der Waals surface area (Å²) in [6, 6.07) is 58.5. The minimum absolute atomic E-state index is 0.0245. The predicted octanol–water partition coefficient (Wildman–Crippen LogP) is 12.3. The van der Waals surface area contributed by atoms with E-state index in [4.69, 9.17) is 15.0 Å². The Labute approximate surface area is 297 Å². The van der Waals surface area contributed by atoms with Crippen LogP contribution in [0.1, 0.15) is 25.0 Å². The molecule has 3 heteroatoms. The highest BCUT2D eigenvalue weighted by Gasteiger charge is 2.35. The van der Waals surface area contributed by atoms with Gasteiger partial charge in [0.25, 0.3) is 0 Å². The number of hydrogen-bond acceptors (Lipinski definition) is 3. The van der Waals surface area contributed by atoms with Crippen LogP contribution in [0.25, 0.3) is 88.7 Å². The van der Waals surface area contributed by atoms with Gasteiger partial charge >= 0.3 is 0 Å². The van der Waals surface area contributed by atoms with Gasteiger partial charge in [0.2, 0.25) is 0 Å². The first-order valence-electron chi connectivity index (χ1n) is 17.5. The van der Waals surface area contributed by atoms with Crippen molar-refractivity contribution in [2.24, 2.45) is 0 Å². The van der Waals surface area contributed by atoms with E-state index in [0.717, 1.165) is 54.6 Å². The summed E-state index contributed by atoms with van der Waals surface area (Å²) in [5.41, 5.74) is 10.7. The fourth-order valence-corrected chi connectivity index (χ4v) is 8.13. The van der Waals surface area contributed by atoms with E-state index in [1.165, 1.54) is 27.8 Å². The maximum absolute atomic E-state index is 5.25. The second-order valence-corrected chi connectivity index (χ2v) is 14.0. The van der Waals surface area contributed by atoms with E-state index in [0.29, 0.717) is 17.5 Å². The number of aromatic nitrogens is 3. The molecule has 0 amide bonds. The van der Waals surface area contributed by atoms with Crippen LogP contribution < -0.4 is 0 Å². The van der Waals surface area contributed by atoms with Gasteiger partial charge in [0, 0.05) is 22.1 Å². The molecule has 51 heavy (non-hydrogen) atoms. The van der Waals surface area contributed by atoms with Crippen molar-refractivity contribution in [3.8, 4) is 56.4 Å². The van der Waals surface area contributed by atoms with E-state index in [-0.39, 0.29) is 5.41 Å². The molecule has 3 nitrogen and oxygen atoms in total. The Balaban J connectivity index is 1.18. The molecule has 1 heterocycles. The third-order valence-corrected chi connectivity index (χ3v) is 10.7. The summed E-state index contributed by atoms with van der Waals surface area (Å²) in [4.78, 5) is 15.7. The van der Waals surface area contributed by atoms with E-state index < -0.39 is 0 Å². The number of nitrogens with zero attached hydrogens (tertiary/aromatic N) is 3. The van der Waals surface area contributed by atoms with Gasteiger partial charge in [-0.25, -0.2) is 15.0 Å². The van der Waals surface area contributed by atoms with Gasteiger partial charge in [-0.2, -0.15) is 0 Å². The topological polar surface area (TPSA) is 38.7 Å². The summed E-state index contributed by atoms with van der Waals surface area (Å²) in [5.74, 6) is 1.98. The van der Waals surface area contributed by atoms with Crippen LogP contribution in [0, 0.1) is 0 Å². The maximum atomic E-state index is 5.25. The Kier molecular flexibility index (Phi) is 6.53. The Morgan fingerprint density at radius 1 is 0.333 bits per heavy atom. The van der Waals surface area contributed by atoms with Crippen LogP contribution >= 0.6 is 0 Å². The zero-order chi connectivity index (χ0) is 34.1. The Morgan fingerprint density at radius 2 is 0.765 bits per heavy atom. The van der Waals surface area contributed by atoms with Crippen LogP contribution in [0.2, 0.25) is 0 Å². The number of hydrogen-bond donors (Lipinski definition) is 0. The smallest absolute Gasteiger partial charge is 0.164 e. The van der Waals surface area contributed by atoms with Crippen LogP contribution in [-0.2, 0) is 5.41 Å². The van der Waals surface area contributed by atoms with Gasteiger partial charge in [-0.1, -0.05) is 166 Å². The average Bonchev–Trinajstić information content (AvgIpc) is 3.42. The first-order valence-corrected chi connectivity index (χ1v) is 17.5. The van der Waals surface area contributed by atoms with Crippen molar-refractivity contribution in [3.63, 3.8) is 0 Å². The van der Waals surface area contributed by atoms with Gasteiger partial charge in [0.15, 0.2) is 17.5 Å². The SMILES string of the molecule is CC1(C)c2ccccc2-c2cc(-c3ccc4cccc(-c5nc(-c6cccc7ccccc67)nc(-c6cccc7ccccc67)n5)c4c3)ccc21. The molecule has 0 saturated heterocycles. The van der Waals surface area contributed by atoms with Gasteiger partial charge in [-0.05, 0) is 77.8 Å². The van der Waals surface area contributed by atoms with Crippen molar-refractivity contribution >= 4 is 32.3 Å². The van der Waals surface area contributed by atoms with Crippen LogP contribution in [0.4, 0.5) is 0 Å². The molecule has 10 rings (SSSR count). The first kappa shape index (κ1) is 29.5. The van der Waals surface area contributed by atoms with Crippen molar-refractivity contribution in [2.45, 2.75) is 19.3 Å². The number of rotatable bonds is 4. The fourth-order valence-electron chi connectivity index (χ4n) is 8.13. The van der Waals surface area contributed by atoms with Crippen LogP contribution in [0.5, 0.6) is 0 Å². The normalized spacial score (nSPS) is 13.1. The monoisotopic (exact) mass is 651 g/mol. The molecule has 1 aromatic heterocycles. The molecular formula is C48H33N3. The second-order valence-electron chi connectivity index (χ2n) is 14.0. The predicted molar refractivity (Wildman–Crippen MR) is 212 cm³/mol. The van der Waals surface area contributed by atoms with Crippen molar-refractivity contribution < 1.29 is 0 Å². The summed E-state index contributed by atoms with van der Waals surface area (Å²) in [7, 11) is 0. The van der Waals surface area contributed by atoms with Gasteiger partial charge in [-0.15, -0.1) is 0 Å². The van der Waals surface area contributed by atoms with Crippen molar-refractivity contribution in [3.05, 3.63) is 175 Å². The summed E-state index contributed by atoms with van der Waals surface area (Å²) in [6.07, 6.45) is 0. The van der Waals surface area contributed by atoms with E-state index in [1.54, 1.807) is 0 Å². The molecule has 0 atom stereocenters. The molecule has 9 aromatic rings. The number of benzene rings is 8. The molecular weight excluding hydrogens is 619 g/mol. The molecule has 0 radical (unpaired) electrons. The van der Waals surface area contributed by atoms with E-state index in [1.807, 2.05) is 0 Å². The Bertz CT molecular complexity index is 2740. The molecule has 0 fully saturated rings. The van der Waals surface area contributed by atoms with Crippen LogP contribution in [0.3, 0.4) is 0 Å². The van der Waals surface area contributed by atoms with Crippen molar-refractivity contribution in [1.82, 2.24) is 15.0 Å².